The lowest BCUT2D eigenvalue weighted by molar-refractivity contribution is -0.131. The highest BCUT2D eigenvalue weighted by atomic mass is 16.5. The van der Waals surface area contributed by atoms with E-state index in [4.69, 9.17) is 4.74 Å². The average Bonchev–Trinajstić information content (AvgIpc) is 2.69. The molecule has 1 fully saturated rings. The molecule has 1 N–H and O–H groups in total. The van der Waals surface area contributed by atoms with Crippen LogP contribution in [0.3, 0.4) is 0 Å². The van der Waals surface area contributed by atoms with Gasteiger partial charge in [-0.05, 0) is 42.5 Å². The highest BCUT2D eigenvalue weighted by molar-refractivity contribution is 5.82. The van der Waals surface area contributed by atoms with Gasteiger partial charge in [0.2, 0.25) is 0 Å². The van der Waals surface area contributed by atoms with E-state index >= 15 is 0 Å². The number of carbonyl (C=O) groups excluding carboxylic acids is 1. The van der Waals surface area contributed by atoms with Crippen LogP contribution in [-0.2, 0) is 16.1 Å². The monoisotopic (exact) mass is 339 g/mol. The van der Waals surface area contributed by atoms with Gasteiger partial charge in [0.25, 0.3) is 5.91 Å². The first-order chi connectivity index (χ1) is 12.3. The third kappa shape index (κ3) is 4.57. The number of amides is 1. The van der Waals surface area contributed by atoms with E-state index in [0.717, 1.165) is 30.0 Å². The molecule has 5 nitrogen and oxygen atoms in total. The van der Waals surface area contributed by atoms with Crippen molar-refractivity contribution in [3.63, 3.8) is 0 Å². The van der Waals surface area contributed by atoms with Crippen molar-refractivity contribution >= 4 is 11.7 Å². The molecule has 1 aromatic heterocycles. The smallest absolute Gasteiger partial charge is 0.254 e. The number of carbonyl (C=O) groups is 1. The molecule has 0 aliphatic carbocycles. The fourth-order valence-corrected chi connectivity index (χ4v) is 3.17. The molecule has 1 unspecified atom stereocenters. The van der Waals surface area contributed by atoms with Crippen molar-refractivity contribution in [3.8, 4) is 0 Å². The van der Waals surface area contributed by atoms with E-state index in [-0.39, 0.29) is 5.91 Å². The summed E-state index contributed by atoms with van der Waals surface area (Å²) in [6.45, 7) is 2.58. The Morgan fingerprint density at radius 2 is 1.96 bits per heavy atom. The molecule has 0 spiro atoms. The maximum absolute atomic E-state index is 12.5. The summed E-state index contributed by atoms with van der Waals surface area (Å²) < 4.78 is 5.37. The third-order valence-electron chi connectivity index (χ3n) is 4.53. The number of piperidine rings is 1. The lowest BCUT2D eigenvalue weighted by atomic mass is 10.1. The summed E-state index contributed by atoms with van der Waals surface area (Å²) in [5.74, 6) is 0.864. The third-order valence-corrected chi connectivity index (χ3v) is 4.53. The summed E-state index contributed by atoms with van der Waals surface area (Å²) in [5.41, 5.74) is 1.90. The second-order valence-electron chi connectivity index (χ2n) is 6.31. The van der Waals surface area contributed by atoms with E-state index in [1.54, 1.807) is 7.11 Å². The summed E-state index contributed by atoms with van der Waals surface area (Å²) >= 11 is 0. The lowest BCUT2D eigenvalue weighted by Gasteiger charge is -2.28. The highest BCUT2D eigenvalue weighted by Crippen LogP contribution is 2.19. The van der Waals surface area contributed by atoms with Crippen LogP contribution in [0, 0.1) is 0 Å². The Labute approximate surface area is 149 Å². The van der Waals surface area contributed by atoms with Crippen molar-refractivity contribution in [1.29, 1.82) is 0 Å². The zero-order chi connectivity index (χ0) is 17.5. The number of ether oxygens (including phenoxy) is 1. The predicted octanol–water partition coefficient (Wildman–Crippen LogP) is 3.08. The van der Waals surface area contributed by atoms with Crippen molar-refractivity contribution < 1.29 is 9.53 Å². The second-order valence-corrected chi connectivity index (χ2v) is 6.31. The molecule has 1 amide bonds. The van der Waals surface area contributed by atoms with Gasteiger partial charge < -0.3 is 15.0 Å². The Morgan fingerprint density at radius 1 is 1.20 bits per heavy atom. The van der Waals surface area contributed by atoms with Gasteiger partial charge in [-0.3, -0.25) is 4.79 Å². The summed E-state index contributed by atoms with van der Waals surface area (Å²) in [4.78, 5) is 19.3. The van der Waals surface area contributed by atoms with Gasteiger partial charge in [0, 0.05) is 32.9 Å². The molecule has 2 aromatic rings. The largest absolute Gasteiger partial charge is 0.367 e. The van der Waals surface area contributed by atoms with Gasteiger partial charge in [0.05, 0.1) is 0 Å². The minimum absolute atomic E-state index is 0.134. The van der Waals surface area contributed by atoms with Crippen molar-refractivity contribution in [2.24, 2.45) is 0 Å². The van der Waals surface area contributed by atoms with Crippen molar-refractivity contribution in [3.05, 3.63) is 59.8 Å². The number of benzene rings is 1. The minimum atomic E-state index is -0.593. The van der Waals surface area contributed by atoms with Crippen LogP contribution in [-0.4, -0.2) is 31.1 Å². The molecule has 3 rings (SSSR count). The molecule has 0 saturated carbocycles. The molecular formula is C20H25N3O2. The number of hydrogen-bond acceptors (Lipinski definition) is 4. The van der Waals surface area contributed by atoms with Gasteiger partial charge >= 0.3 is 0 Å². The number of nitrogens with one attached hydrogen (secondary N) is 1. The fraction of sp³-hybridized carbons (Fsp3) is 0.400. The Balaban J connectivity index is 1.61. The van der Waals surface area contributed by atoms with E-state index < -0.39 is 6.10 Å². The normalized spacial score (nSPS) is 15.6. The second kappa shape index (κ2) is 8.62. The Hall–Kier alpha value is -2.40. The van der Waals surface area contributed by atoms with Gasteiger partial charge in [-0.25, -0.2) is 4.98 Å². The van der Waals surface area contributed by atoms with Crippen molar-refractivity contribution in [2.75, 3.05) is 25.1 Å². The summed E-state index contributed by atoms with van der Waals surface area (Å²) in [7, 11) is 1.55. The van der Waals surface area contributed by atoms with Crippen molar-refractivity contribution in [1.82, 2.24) is 10.3 Å². The Bertz CT molecular complexity index is 684. The van der Waals surface area contributed by atoms with Gasteiger partial charge in [0.15, 0.2) is 6.10 Å². The number of pyridine rings is 1. The zero-order valence-corrected chi connectivity index (χ0v) is 14.6. The molecule has 1 aliphatic heterocycles. The number of anilines is 1. The molecule has 2 heterocycles. The van der Waals surface area contributed by atoms with Crippen LogP contribution in [0.1, 0.15) is 36.5 Å². The molecule has 1 saturated heterocycles. The van der Waals surface area contributed by atoms with Gasteiger partial charge in [-0.1, -0.05) is 30.3 Å². The fourth-order valence-electron chi connectivity index (χ4n) is 3.17. The first-order valence-corrected chi connectivity index (χ1v) is 8.83. The van der Waals surface area contributed by atoms with Gasteiger partial charge in [0.1, 0.15) is 5.82 Å². The zero-order valence-electron chi connectivity index (χ0n) is 14.6. The number of aromatic nitrogens is 1. The van der Waals surface area contributed by atoms with Gasteiger partial charge in [-0.2, -0.15) is 0 Å². The number of rotatable bonds is 6. The quantitative estimate of drug-likeness (QED) is 0.879. The molecule has 1 atom stereocenters. The van der Waals surface area contributed by atoms with Crippen LogP contribution in [0.5, 0.6) is 0 Å². The van der Waals surface area contributed by atoms with Crippen molar-refractivity contribution in [2.45, 2.75) is 31.9 Å². The first kappa shape index (κ1) is 17.4. The number of nitrogens with zero attached hydrogens (tertiary/aromatic N) is 2. The molecular weight excluding hydrogens is 314 g/mol. The maximum Gasteiger partial charge on any atom is 0.254 e. The van der Waals surface area contributed by atoms with E-state index in [0.29, 0.717) is 6.54 Å². The Kier molecular flexibility index (Phi) is 6.01. The van der Waals surface area contributed by atoms with Crippen LogP contribution >= 0.6 is 0 Å². The van der Waals surface area contributed by atoms with E-state index in [9.17, 15) is 4.79 Å². The number of methoxy groups -OCH3 is 1. The predicted molar refractivity (Wildman–Crippen MR) is 98.3 cm³/mol. The SMILES string of the molecule is COC(C(=O)NCc1ccnc(N2CCCCC2)c1)c1ccccc1. The molecule has 1 aromatic carbocycles. The Morgan fingerprint density at radius 3 is 2.68 bits per heavy atom. The molecule has 5 heteroatoms. The van der Waals surface area contributed by atoms with E-state index in [1.807, 2.05) is 42.6 Å². The molecule has 0 bridgehead atoms. The van der Waals surface area contributed by atoms with E-state index in [2.05, 4.69) is 21.3 Å². The van der Waals surface area contributed by atoms with Crippen LogP contribution in [0.15, 0.2) is 48.7 Å². The molecule has 0 radical (unpaired) electrons. The van der Waals surface area contributed by atoms with Crippen LogP contribution in [0.25, 0.3) is 0 Å². The number of hydrogen-bond donors (Lipinski definition) is 1. The highest BCUT2D eigenvalue weighted by Gasteiger charge is 2.19. The van der Waals surface area contributed by atoms with E-state index in [1.165, 1.54) is 19.3 Å². The molecule has 1 aliphatic rings. The minimum Gasteiger partial charge on any atom is -0.367 e. The standard InChI is InChI=1S/C20H25N3O2/c1-25-19(17-8-4-2-5-9-17)20(24)22-15-16-10-11-21-18(14-16)23-12-6-3-7-13-23/h2,4-5,8-11,14,19H,3,6-7,12-13,15H2,1H3,(H,22,24). The summed E-state index contributed by atoms with van der Waals surface area (Å²) in [6.07, 6.45) is 4.95. The first-order valence-electron chi connectivity index (χ1n) is 8.83. The summed E-state index contributed by atoms with van der Waals surface area (Å²) in [5, 5.41) is 2.97. The molecule has 132 valence electrons. The maximum atomic E-state index is 12.5. The summed E-state index contributed by atoms with van der Waals surface area (Å²) in [6, 6.07) is 13.5. The van der Waals surface area contributed by atoms with Crippen LogP contribution in [0.4, 0.5) is 5.82 Å². The molecule has 25 heavy (non-hydrogen) atoms. The van der Waals surface area contributed by atoms with Crippen LogP contribution in [0.2, 0.25) is 0 Å². The lowest BCUT2D eigenvalue weighted by Crippen LogP contribution is -2.31. The average molecular weight is 339 g/mol. The van der Waals surface area contributed by atoms with Gasteiger partial charge in [-0.15, -0.1) is 0 Å². The topological polar surface area (TPSA) is 54.5 Å². The van der Waals surface area contributed by atoms with Crippen LogP contribution < -0.4 is 10.2 Å².